The first-order valence-electron chi connectivity index (χ1n) is 3.44. The van der Waals surface area contributed by atoms with E-state index in [1.54, 1.807) is 6.92 Å². The van der Waals surface area contributed by atoms with Crippen molar-refractivity contribution < 1.29 is 4.92 Å². The number of nitro groups is 1. The second-order valence-corrected chi connectivity index (χ2v) is 2.99. The van der Waals surface area contributed by atoms with Crippen molar-refractivity contribution in [2.75, 3.05) is 0 Å². The van der Waals surface area contributed by atoms with Gasteiger partial charge in [-0.15, -0.1) is 12.6 Å². The number of hydrogen-bond donors (Lipinski definition) is 1. The number of nitriles is 1. The smallest absolute Gasteiger partial charge is 0.258 e. The van der Waals surface area contributed by atoms with Gasteiger partial charge < -0.3 is 0 Å². The van der Waals surface area contributed by atoms with Crippen LogP contribution in [0.4, 0.5) is 5.69 Å². The molecule has 0 heterocycles. The van der Waals surface area contributed by atoms with E-state index in [1.807, 2.05) is 6.07 Å². The summed E-state index contributed by atoms with van der Waals surface area (Å²) in [5.74, 6) is 0. The Hall–Kier alpha value is -1.54. The first-order valence-corrected chi connectivity index (χ1v) is 3.89. The zero-order valence-electron chi connectivity index (χ0n) is 6.81. The van der Waals surface area contributed by atoms with Gasteiger partial charge in [0.05, 0.1) is 16.6 Å². The van der Waals surface area contributed by atoms with Crippen LogP contribution in [0.2, 0.25) is 0 Å². The van der Waals surface area contributed by atoms with E-state index < -0.39 is 4.92 Å². The topological polar surface area (TPSA) is 66.9 Å². The van der Waals surface area contributed by atoms with Gasteiger partial charge in [0.15, 0.2) is 0 Å². The largest absolute Gasteiger partial charge is 0.271 e. The van der Waals surface area contributed by atoms with Crippen LogP contribution in [0.3, 0.4) is 0 Å². The molecule has 0 amide bonds. The minimum atomic E-state index is -0.542. The van der Waals surface area contributed by atoms with Gasteiger partial charge in [-0.1, -0.05) is 0 Å². The van der Waals surface area contributed by atoms with E-state index in [2.05, 4.69) is 12.6 Å². The van der Waals surface area contributed by atoms with Gasteiger partial charge in [-0.25, -0.2) is 0 Å². The van der Waals surface area contributed by atoms with Gasteiger partial charge in [0.2, 0.25) is 0 Å². The third kappa shape index (κ3) is 1.79. The molecule has 0 saturated carbocycles. The van der Waals surface area contributed by atoms with Crippen molar-refractivity contribution in [3.05, 3.63) is 33.4 Å². The molecule has 0 atom stereocenters. The summed E-state index contributed by atoms with van der Waals surface area (Å²) in [5, 5.41) is 19.0. The summed E-state index contributed by atoms with van der Waals surface area (Å²) in [6.45, 7) is 1.70. The van der Waals surface area contributed by atoms with Crippen molar-refractivity contribution in [1.82, 2.24) is 0 Å². The summed E-state index contributed by atoms with van der Waals surface area (Å²) in [6, 6.07) is 4.46. The molecule has 0 N–H and O–H groups in total. The van der Waals surface area contributed by atoms with Gasteiger partial charge in [0.1, 0.15) is 0 Å². The SMILES string of the molecule is Cc1c(S)cc([N+](=O)[O-])cc1C#N. The average molecular weight is 194 g/mol. The van der Waals surface area contributed by atoms with E-state index in [-0.39, 0.29) is 5.69 Å². The normalized spacial score (nSPS) is 9.31. The molecule has 0 aliphatic carbocycles. The van der Waals surface area contributed by atoms with Crippen LogP contribution in [-0.4, -0.2) is 4.92 Å². The highest BCUT2D eigenvalue weighted by Gasteiger charge is 2.11. The first-order chi connectivity index (χ1) is 6.06. The monoisotopic (exact) mass is 194 g/mol. The molecular formula is C8H6N2O2S. The molecule has 66 valence electrons. The molecule has 0 fully saturated rings. The molecule has 0 aliphatic heterocycles. The van der Waals surface area contributed by atoms with E-state index in [4.69, 9.17) is 5.26 Å². The van der Waals surface area contributed by atoms with Crippen LogP contribution in [0.5, 0.6) is 0 Å². The van der Waals surface area contributed by atoms with Crippen LogP contribution in [0.15, 0.2) is 17.0 Å². The van der Waals surface area contributed by atoms with Crippen LogP contribution in [-0.2, 0) is 0 Å². The van der Waals surface area contributed by atoms with E-state index in [9.17, 15) is 10.1 Å². The number of hydrogen-bond acceptors (Lipinski definition) is 4. The average Bonchev–Trinajstić information content (AvgIpc) is 2.09. The van der Waals surface area contributed by atoms with E-state index in [0.29, 0.717) is 16.0 Å². The number of nitro benzene ring substituents is 1. The molecule has 0 bridgehead atoms. The molecule has 1 rings (SSSR count). The highest BCUT2D eigenvalue weighted by molar-refractivity contribution is 7.80. The van der Waals surface area contributed by atoms with Gasteiger partial charge in [0, 0.05) is 17.0 Å². The molecule has 0 unspecified atom stereocenters. The number of nitrogens with zero attached hydrogens (tertiary/aromatic N) is 2. The molecular weight excluding hydrogens is 188 g/mol. The fourth-order valence-electron chi connectivity index (χ4n) is 0.906. The van der Waals surface area contributed by atoms with Crippen molar-refractivity contribution in [3.63, 3.8) is 0 Å². The summed E-state index contributed by atoms with van der Waals surface area (Å²) >= 11 is 4.03. The molecule has 1 aromatic carbocycles. The van der Waals surface area contributed by atoms with Crippen molar-refractivity contribution in [2.24, 2.45) is 0 Å². The van der Waals surface area contributed by atoms with Crippen molar-refractivity contribution in [1.29, 1.82) is 5.26 Å². The second-order valence-electron chi connectivity index (χ2n) is 2.51. The van der Waals surface area contributed by atoms with Crippen LogP contribution in [0.1, 0.15) is 11.1 Å². The summed E-state index contributed by atoms with van der Waals surface area (Å²) in [6.07, 6.45) is 0. The predicted octanol–water partition coefficient (Wildman–Crippen LogP) is 2.06. The minimum absolute atomic E-state index is 0.104. The highest BCUT2D eigenvalue weighted by Crippen LogP contribution is 2.23. The molecule has 13 heavy (non-hydrogen) atoms. The van der Waals surface area contributed by atoms with E-state index >= 15 is 0 Å². The minimum Gasteiger partial charge on any atom is -0.258 e. The van der Waals surface area contributed by atoms with Crippen molar-refractivity contribution in [3.8, 4) is 6.07 Å². The molecule has 4 nitrogen and oxygen atoms in total. The van der Waals surface area contributed by atoms with Crippen LogP contribution in [0.25, 0.3) is 0 Å². The lowest BCUT2D eigenvalue weighted by Gasteiger charge is -2.00. The van der Waals surface area contributed by atoms with E-state index in [0.717, 1.165) is 0 Å². The Morgan fingerprint density at radius 3 is 2.69 bits per heavy atom. The van der Waals surface area contributed by atoms with E-state index in [1.165, 1.54) is 12.1 Å². The maximum absolute atomic E-state index is 10.4. The maximum Gasteiger partial charge on any atom is 0.271 e. The Balaban J connectivity index is 3.41. The molecule has 0 aromatic heterocycles. The summed E-state index contributed by atoms with van der Waals surface area (Å²) in [5.41, 5.74) is 0.850. The third-order valence-corrected chi connectivity index (χ3v) is 2.16. The number of rotatable bonds is 1. The quantitative estimate of drug-likeness (QED) is 0.422. The van der Waals surface area contributed by atoms with Crippen molar-refractivity contribution in [2.45, 2.75) is 11.8 Å². The Morgan fingerprint density at radius 1 is 1.62 bits per heavy atom. The zero-order chi connectivity index (χ0) is 10.0. The Labute approximate surface area is 80.4 Å². The Morgan fingerprint density at radius 2 is 2.23 bits per heavy atom. The summed E-state index contributed by atoms with van der Waals surface area (Å²) in [4.78, 5) is 10.3. The molecule has 0 saturated heterocycles. The second kappa shape index (κ2) is 3.46. The summed E-state index contributed by atoms with van der Waals surface area (Å²) in [7, 11) is 0. The standard InChI is InChI=1S/C8H6N2O2S/c1-5-6(4-9)2-7(10(11)12)3-8(5)13/h2-3,13H,1H3. The molecule has 5 heteroatoms. The molecule has 0 radical (unpaired) electrons. The first kappa shape index (κ1) is 9.55. The van der Waals surface area contributed by atoms with Crippen LogP contribution < -0.4 is 0 Å². The fourth-order valence-corrected chi connectivity index (χ4v) is 1.16. The third-order valence-electron chi connectivity index (χ3n) is 1.70. The maximum atomic E-state index is 10.4. The number of benzene rings is 1. The predicted molar refractivity (Wildman–Crippen MR) is 49.8 cm³/mol. The van der Waals surface area contributed by atoms with Gasteiger partial charge in [0.25, 0.3) is 5.69 Å². The molecule has 0 aliphatic rings. The van der Waals surface area contributed by atoms with Gasteiger partial charge in [-0.3, -0.25) is 10.1 Å². The fraction of sp³-hybridized carbons (Fsp3) is 0.125. The van der Waals surface area contributed by atoms with Gasteiger partial charge in [-0.05, 0) is 12.5 Å². The Bertz CT molecular complexity index is 409. The lowest BCUT2D eigenvalue weighted by Crippen LogP contribution is -1.92. The van der Waals surface area contributed by atoms with Crippen LogP contribution in [0, 0.1) is 28.4 Å². The Kier molecular flexibility index (Phi) is 2.54. The van der Waals surface area contributed by atoms with Gasteiger partial charge >= 0.3 is 0 Å². The lowest BCUT2D eigenvalue weighted by atomic mass is 10.1. The number of non-ortho nitro benzene ring substituents is 1. The highest BCUT2D eigenvalue weighted by atomic mass is 32.1. The van der Waals surface area contributed by atoms with Crippen LogP contribution >= 0.6 is 12.6 Å². The van der Waals surface area contributed by atoms with Crippen molar-refractivity contribution >= 4 is 18.3 Å². The zero-order valence-corrected chi connectivity index (χ0v) is 7.71. The molecule has 1 aromatic rings. The number of thiol groups is 1. The van der Waals surface area contributed by atoms with Gasteiger partial charge in [-0.2, -0.15) is 5.26 Å². The summed E-state index contributed by atoms with van der Waals surface area (Å²) < 4.78 is 0. The molecule has 0 spiro atoms. The lowest BCUT2D eigenvalue weighted by molar-refractivity contribution is -0.385.